The second kappa shape index (κ2) is 7.07. The van der Waals surface area contributed by atoms with Crippen LogP contribution < -0.4 is 5.32 Å². The highest BCUT2D eigenvalue weighted by Gasteiger charge is 2.10. The van der Waals surface area contributed by atoms with Gasteiger partial charge in [-0.25, -0.2) is 4.39 Å². The zero-order chi connectivity index (χ0) is 15.4. The van der Waals surface area contributed by atoms with Gasteiger partial charge in [-0.3, -0.25) is 0 Å². The summed E-state index contributed by atoms with van der Waals surface area (Å²) in [6.45, 7) is 0.365. The molecule has 0 radical (unpaired) electrons. The van der Waals surface area contributed by atoms with Crippen molar-refractivity contribution in [3.8, 4) is 0 Å². The van der Waals surface area contributed by atoms with Crippen LogP contribution in [0.4, 0.5) is 10.1 Å². The highest BCUT2D eigenvalue weighted by Crippen LogP contribution is 2.25. The van der Waals surface area contributed by atoms with E-state index in [9.17, 15) is 4.39 Å². The summed E-state index contributed by atoms with van der Waals surface area (Å²) in [5, 5.41) is 4.50. The average molecular weight is 343 g/mol. The summed E-state index contributed by atoms with van der Waals surface area (Å²) in [6, 6.07) is 11.7. The third kappa shape index (κ3) is 4.30. The fourth-order valence-electron chi connectivity index (χ4n) is 1.76. The Balaban J connectivity index is 2.04. The van der Waals surface area contributed by atoms with Gasteiger partial charge in [0.25, 0.3) is 0 Å². The van der Waals surface area contributed by atoms with Gasteiger partial charge in [-0.2, -0.15) is 0 Å². The summed E-state index contributed by atoms with van der Waals surface area (Å²) in [7, 11) is 1.78. The molecule has 0 fully saturated rings. The van der Waals surface area contributed by atoms with Crippen LogP contribution >= 0.6 is 35.4 Å². The van der Waals surface area contributed by atoms with Gasteiger partial charge < -0.3 is 10.2 Å². The Morgan fingerprint density at radius 3 is 2.62 bits per heavy atom. The van der Waals surface area contributed by atoms with Crippen molar-refractivity contribution in [2.24, 2.45) is 0 Å². The van der Waals surface area contributed by atoms with Crippen molar-refractivity contribution >= 4 is 46.2 Å². The third-order valence-electron chi connectivity index (χ3n) is 2.88. The van der Waals surface area contributed by atoms with E-state index in [1.54, 1.807) is 48.3 Å². The Morgan fingerprint density at radius 1 is 1.24 bits per heavy atom. The molecule has 2 aromatic carbocycles. The predicted octanol–water partition coefficient (Wildman–Crippen LogP) is 4.96. The number of hydrogen-bond acceptors (Lipinski definition) is 1. The lowest BCUT2D eigenvalue weighted by molar-refractivity contribution is 0.486. The predicted molar refractivity (Wildman–Crippen MR) is 90.5 cm³/mol. The van der Waals surface area contributed by atoms with Gasteiger partial charge in [0.05, 0.1) is 10.7 Å². The molecule has 0 aliphatic rings. The van der Waals surface area contributed by atoms with Gasteiger partial charge in [0.2, 0.25) is 0 Å². The molecule has 0 saturated heterocycles. The molecule has 0 spiro atoms. The molecular weight excluding hydrogens is 330 g/mol. The summed E-state index contributed by atoms with van der Waals surface area (Å²) >= 11 is 17.2. The number of anilines is 1. The van der Waals surface area contributed by atoms with Crippen molar-refractivity contribution in [2.75, 3.05) is 12.4 Å². The summed E-state index contributed by atoms with van der Waals surface area (Å²) in [4.78, 5) is 1.73. The van der Waals surface area contributed by atoms with E-state index in [1.807, 2.05) is 0 Å². The molecule has 0 atom stereocenters. The Labute approximate surface area is 138 Å². The smallest absolute Gasteiger partial charge is 0.173 e. The van der Waals surface area contributed by atoms with Gasteiger partial charge >= 0.3 is 0 Å². The SMILES string of the molecule is CN(Cc1ccccc1F)C(=S)Nc1ccc(Cl)cc1Cl. The van der Waals surface area contributed by atoms with Gasteiger partial charge in [-0.05, 0) is 36.5 Å². The first kappa shape index (κ1) is 16.0. The van der Waals surface area contributed by atoms with E-state index in [0.29, 0.717) is 33.0 Å². The molecule has 0 saturated carbocycles. The van der Waals surface area contributed by atoms with Crippen molar-refractivity contribution in [3.63, 3.8) is 0 Å². The minimum Gasteiger partial charge on any atom is -0.348 e. The molecule has 0 aromatic heterocycles. The molecule has 110 valence electrons. The molecule has 0 amide bonds. The quantitative estimate of drug-likeness (QED) is 0.793. The molecule has 6 heteroatoms. The van der Waals surface area contributed by atoms with E-state index < -0.39 is 0 Å². The van der Waals surface area contributed by atoms with Gasteiger partial charge in [0, 0.05) is 24.2 Å². The Morgan fingerprint density at radius 2 is 1.95 bits per heavy atom. The second-order valence-corrected chi connectivity index (χ2v) is 5.73. The van der Waals surface area contributed by atoms with Crippen molar-refractivity contribution in [3.05, 3.63) is 63.9 Å². The Hall–Kier alpha value is -1.36. The monoisotopic (exact) mass is 342 g/mol. The van der Waals surface area contributed by atoms with E-state index in [2.05, 4.69) is 5.32 Å². The summed E-state index contributed by atoms with van der Waals surface area (Å²) in [5.41, 5.74) is 1.23. The number of nitrogens with zero attached hydrogens (tertiary/aromatic N) is 1. The molecule has 0 bridgehead atoms. The number of rotatable bonds is 3. The normalized spacial score (nSPS) is 10.3. The Kier molecular flexibility index (Phi) is 5.39. The minimum absolute atomic E-state index is 0.253. The van der Waals surface area contributed by atoms with Crippen LogP contribution in [0.5, 0.6) is 0 Å². The van der Waals surface area contributed by atoms with Gasteiger partial charge in [-0.15, -0.1) is 0 Å². The molecular formula is C15H13Cl2FN2S. The molecule has 2 aromatic rings. The van der Waals surface area contributed by atoms with Crippen LogP contribution in [0, 0.1) is 5.82 Å². The summed E-state index contributed by atoms with van der Waals surface area (Å²) < 4.78 is 13.6. The topological polar surface area (TPSA) is 15.3 Å². The number of nitrogens with one attached hydrogen (secondary N) is 1. The van der Waals surface area contributed by atoms with E-state index >= 15 is 0 Å². The lowest BCUT2D eigenvalue weighted by Crippen LogP contribution is -2.31. The van der Waals surface area contributed by atoms with Gasteiger partial charge in [0.15, 0.2) is 5.11 Å². The average Bonchev–Trinajstić information content (AvgIpc) is 2.44. The van der Waals surface area contributed by atoms with Crippen molar-refractivity contribution < 1.29 is 4.39 Å². The van der Waals surface area contributed by atoms with E-state index in [4.69, 9.17) is 35.4 Å². The fourth-order valence-corrected chi connectivity index (χ4v) is 2.39. The molecule has 2 nitrogen and oxygen atoms in total. The van der Waals surface area contributed by atoms with Crippen LogP contribution in [0.3, 0.4) is 0 Å². The molecule has 0 heterocycles. The lowest BCUT2D eigenvalue weighted by atomic mass is 10.2. The highest BCUT2D eigenvalue weighted by atomic mass is 35.5. The van der Waals surface area contributed by atoms with E-state index in [0.717, 1.165) is 0 Å². The van der Waals surface area contributed by atoms with Crippen LogP contribution in [0.15, 0.2) is 42.5 Å². The maximum atomic E-state index is 13.6. The Bertz CT molecular complexity index is 664. The number of thiocarbonyl (C=S) groups is 1. The first-order valence-corrected chi connectivity index (χ1v) is 7.34. The second-order valence-electron chi connectivity index (χ2n) is 4.50. The van der Waals surface area contributed by atoms with Crippen LogP contribution in [0.25, 0.3) is 0 Å². The van der Waals surface area contributed by atoms with Crippen molar-refractivity contribution in [2.45, 2.75) is 6.54 Å². The lowest BCUT2D eigenvalue weighted by Gasteiger charge is -2.22. The number of halogens is 3. The van der Waals surface area contributed by atoms with E-state index in [-0.39, 0.29) is 5.82 Å². The molecule has 0 unspecified atom stereocenters. The molecule has 0 aliphatic heterocycles. The van der Waals surface area contributed by atoms with Crippen LogP contribution in [0.2, 0.25) is 10.0 Å². The van der Waals surface area contributed by atoms with Gasteiger partial charge in [0.1, 0.15) is 5.82 Å². The number of hydrogen-bond donors (Lipinski definition) is 1. The summed E-state index contributed by atoms with van der Waals surface area (Å²) in [5.74, 6) is -0.253. The largest absolute Gasteiger partial charge is 0.348 e. The molecule has 1 N–H and O–H groups in total. The minimum atomic E-state index is -0.253. The first-order chi connectivity index (χ1) is 9.97. The molecule has 21 heavy (non-hydrogen) atoms. The van der Waals surface area contributed by atoms with E-state index in [1.165, 1.54) is 6.07 Å². The molecule has 2 rings (SSSR count). The fraction of sp³-hybridized carbons (Fsp3) is 0.133. The number of benzene rings is 2. The maximum absolute atomic E-state index is 13.6. The standard InChI is InChI=1S/C15H13Cl2FN2S/c1-20(9-10-4-2-3-5-13(10)18)15(21)19-14-7-6-11(16)8-12(14)17/h2-8H,9H2,1H3,(H,19,21). The van der Waals surface area contributed by atoms with Crippen LogP contribution in [-0.4, -0.2) is 17.1 Å². The van der Waals surface area contributed by atoms with Crippen LogP contribution in [0.1, 0.15) is 5.56 Å². The maximum Gasteiger partial charge on any atom is 0.173 e. The van der Waals surface area contributed by atoms with Crippen LogP contribution in [-0.2, 0) is 6.54 Å². The first-order valence-electron chi connectivity index (χ1n) is 6.18. The molecule has 0 aliphatic carbocycles. The van der Waals surface area contributed by atoms with Gasteiger partial charge in [-0.1, -0.05) is 41.4 Å². The third-order valence-corrected chi connectivity index (χ3v) is 3.85. The van der Waals surface area contributed by atoms with Crippen molar-refractivity contribution in [1.82, 2.24) is 4.90 Å². The zero-order valence-corrected chi connectivity index (χ0v) is 13.6. The summed E-state index contributed by atoms with van der Waals surface area (Å²) in [6.07, 6.45) is 0. The highest BCUT2D eigenvalue weighted by molar-refractivity contribution is 7.80. The zero-order valence-electron chi connectivity index (χ0n) is 11.2. The van der Waals surface area contributed by atoms with Crippen molar-refractivity contribution in [1.29, 1.82) is 0 Å².